The van der Waals surface area contributed by atoms with Gasteiger partial charge in [-0.15, -0.1) is 0 Å². The molecule has 0 aliphatic carbocycles. The van der Waals surface area contributed by atoms with Crippen LogP contribution < -0.4 is 10.9 Å². The summed E-state index contributed by atoms with van der Waals surface area (Å²) in [5, 5.41) is 13.0. The number of hydrogen-bond donors (Lipinski definition) is 2. The van der Waals surface area contributed by atoms with E-state index in [1.54, 1.807) is 0 Å². The van der Waals surface area contributed by atoms with E-state index in [9.17, 15) is 14.7 Å². The first-order chi connectivity index (χ1) is 14.4. The number of thioether (sulfide) groups is 1. The molecule has 1 amide bonds. The molecule has 30 heavy (non-hydrogen) atoms. The fourth-order valence-electron chi connectivity index (χ4n) is 3.22. The minimum absolute atomic E-state index is 0.0551. The summed E-state index contributed by atoms with van der Waals surface area (Å²) < 4.78 is 1.50. The molecule has 0 spiro atoms. The van der Waals surface area contributed by atoms with Gasteiger partial charge in [0.25, 0.3) is 5.56 Å². The first-order valence-electron chi connectivity index (χ1n) is 9.86. The zero-order chi connectivity index (χ0) is 21.7. The average Bonchev–Trinajstić information content (AvgIpc) is 2.73. The number of aryl methyl sites for hydroxylation is 3. The van der Waals surface area contributed by atoms with Crippen molar-refractivity contribution in [2.75, 3.05) is 11.1 Å². The number of carbonyl (C=O) groups excluding carboxylic acids is 1. The average molecular weight is 424 g/mol. The van der Waals surface area contributed by atoms with E-state index in [1.165, 1.54) is 4.57 Å². The molecular formula is C23H25N3O3S. The molecule has 3 aromatic rings. The van der Waals surface area contributed by atoms with Crippen LogP contribution in [-0.4, -0.2) is 26.3 Å². The van der Waals surface area contributed by atoms with E-state index in [0.717, 1.165) is 53.0 Å². The summed E-state index contributed by atoms with van der Waals surface area (Å²) in [6, 6.07) is 14.6. The standard InChI is InChI=1S/C23H25N3O3S/c1-4-16-7-6-8-17(5-2)22(16)26-21(29)13-19(27)25-23(26)30-14-20(28)24-18-11-9-15(3)10-12-18/h6-13,27H,4-5,14H2,1-3H3,(H,24,28). The Kier molecular flexibility index (Phi) is 6.95. The molecule has 0 saturated carbocycles. The van der Waals surface area contributed by atoms with Crippen LogP contribution in [0.5, 0.6) is 5.88 Å². The third-order valence-electron chi connectivity index (χ3n) is 4.73. The summed E-state index contributed by atoms with van der Waals surface area (Å²) in [6.07, 6.45) is 1.49. The van der Waals surface area contributed by atoms with Gasteiger partial charge in [0, 0.05) is 5.69 Å². The topological polar surface area (TPSA) is 84.2 Å². The molecule has 156 valence electrons. The minimum atomic E-state index is -0.375. The first kappa shape index (κ1) is 21.6. The summed E-state index contributed by atoms with van der Waals surface area (Å²) >= 11 is 1.12. The number of para-hydroxylation sites is 1. The Balaban J connectivity index is 1.92. The lowest BCUT2D eigenvalue weighted by Gasteiger charge is -2.18. The maximum absolute atomic E-state index is 12.8. The van der Waals surface area contributed by atoms with Crippen molar-refractivity contribution in [1.82, 2.24) is 9.55 Å². The van der Waals surface area contributed by atoms with Gasteiger partial charge in [0.05, 0.1) is 17.5 Å². The van der Waals surface area contributed by atoms with Gasteiger partial charge < -0.3 is 10.4 Å². The highest BCUT2D eigenvalue weighted by molar-refractivity contribution is 7.99. The van der Waals surface area contributed by atoms with Gasteiger partial charge in [-0.3, -0.25) is 14.2 Å². The molecule has 0 aliphatic heterocycles. The Morgan fingerprint density at radius 3 is 2.33 bits per heavy atom. The van der Waals surface area contributed by atoms with Crippen LogP contribution in [0.25, 0.3) is 5.69 Å². The molecule has 0 fully saturated rings. The molecule has 0 unspecified atom stereocenters. The molecule has 0 aliphatic rings. The van der Waals surface area contributed by atoms with Crippen molar-refractivity contribution in [2.24, 2.45) is 0 Å². The number of amides is 1. The Bertz CT molecular complexity index is 1090. The maximum Gasteiger partial charge on any atom is 0.262 e. The van der Waals surface area contributed by atoms with Gasteiger partial charge in [0.2, 0.25) is 11.8 Å². The van der Waals surface area contributed by atoms with E-state index in [4.69, 9.17) is 0 Å². The summed E-state index contributed by atoms with van der Waals surface area (Å²) in [4.78, 5) is 29.4. The maximum atomic E-state index is 12.8. The fourth-order valence-corrected chi connectivity index (χ4v) is 4.02. The normalized spacial score (nSPS) is 10.8. The number of carbonyl (C=O) groups is 1. The zero-order valence-corrected chi connectivity index (χ0v) is 18.1. The van der Waals surface area contributed by atoms with Crippen LogP contribution in [0.4, 0.5) is 5.69 Å². The molecule has 7 heteroatoms. The van der Waals surface area contributed by atoms with Gasteiger partial charge in [-0.25, -0.2) is 0 Å². The summed E-state index contributed by atoms with van der Waals surface area (Å²) in [6.45, 7) is 6.03. The predicted octanol–water partition coefficient (Wildman–Crippen LogP) is 4.10. The lowest BCUT2D eigenvalue weighted by atomic mass is 10.0. The lowest BCUT2D eigenvalue weighted by molar-refractivity contribution is -0.113. The third kappa shape index (κ3) is 4.91. The molecule has 0 saturated heterocycles. The first-order valence-corrected chi connectivity index (χ1v) is 10.8. The van der Waals surface area contributed by atoms with Crippen molar-refractivity contribution < 1.29 is 9.90 Å². The summed E-state index contributed by atoms with van der Waals surface area (Å²) in [5.74, 6) is -0.517. The number of rotatable bonds is 7. The van der Waals surface area contributed by atoms with Crippen LogP contribution in [0.3, 0.4) is 0 Å². The lowest BCUT2D eigenvalue weighted by Crippen LogP contribution is -2.23. The van der Waals surface area contributed by atoms with E-state index >= 15 is 0 Å². The smallest absolute Gasteiger partial charge is 0.262 e. The number of nitrogens with zero attached hydrogens (tertiary/aromatic N) is 2. The Labute approximate surface area is 180 Å². The number of benzene rings is 2. The highest BCUT2D eigenvalue weighted by atomic mass is 32.2. The number of aromatic nitrogens is 2. The summed E-state index contributed by atoms with van der Waals surface area (Å²) in [5.41, 5.74) is 4.24. The van der Waals surface area contributed by atoms with E-state index in [2.05, 4.69) is 10.3 Å². The molecule has 1 aromatic heterocycles. The molecule has 3 rings (SSSR count). The fraction of sp³-hybridized carbons (Fsp3) is 0.261. The Hall–Kier alpha value is -3.06. The number of nitrogens with one attached hydrogen (secondary N) is 1. The van der Waals surface area contributed by atoms with Crippen molar-refractivity contribution in [3.8, 4) is 11.6 Å². The second-order valence-electron chi connectivity index (χ2n) is 6.91. The number of anilines is 1. The van der Waals surface area contributed by atoms with Gasteiger partial charge in [0.15, 0.2) is 5.16 Å². The number of aromatic hydroxyl groups is 1. The molecule has 0 atom stereocenters. The number of hydrogen-bond acceptors (Lipinski definition) is 5. The van der Waals surface area contributed by atoms with Crippen molar-refractivity contribution in [1.29, 1.82) is 0 Å². The Morgan fingerprint density at radius 2 is 1.73 bits per heavy atom. The van der Waals surface area contributed by atoms with Crippen LogP contribution >= 0.6 is 11.8 Å². The van der Waals surface area contributed by atoms with E-state index in [-0.39, 0.29) is 28.3 Å². The monoisotopic (exact) mass is 423 g/mol. The molecule has 0 radical (unpaired) electrons. The predicted molar refractivity (Wildman–Crippen MR) is 121 cm³/mol. The van der Waals surface area contributed by atoms with Gasteiger partial charge in [-0.1, -0.05) is 61.5 Å². The van der Waals surface area contributed by atoms with Crippen LogP contribution in [-0.2, 0) is 17.6 Å². The van der Waals surface area contributed by atoms with Crippen LogP contribution in [0.1, 0.15) is 30.5 Å². The van der Waals surface area contributed by atoms with Gasteiger partial charge in [0.1, 0.15) is 0 Å². The third-order valence-corrected chi connectivity index (χ3v) is 5.67. The van der Waals surface area contributed by atoms with E-state index < -0.39 is 0 Å². The van der Waals surface area contributed by atoms with Crippen LogP contribution in [0, 0.1) is 6.92 Å². The van der Waals surface area contributed by atoms with Gasteiger partial charge in [-0.2, -0.15) is 4.98 Å². The second kappa shape index (κ2) is 9.63. The zero-order valence-electron chi connectivity index (χ0n) is 17.3. The van der Waals surface area contributed by atoms with Gasteiger partial charge >= 0.3 is 0 Å². The highest BCUT2D eigenvalue weighted by Gasteiger charge is 2.17. The van der Waals surface area contributed by atoms with Crippen molar-refractivity contribution in [2.45, 2.75) is 38.8 Å². The molecule has 2 N–H and O–H groups in total. The van der Waals surface area contributed by atoms with Crippen molar-refractivity contribution >= 4 is 23.4 Å². The van der Waals surface area contributed by atoms with Crippen molar-refractivity contribution in [3.05, 3.63) is 75.6 Å². The van der Waals surface area contributed by atoms with Crippen LogP contribution in [0.15, 0.2) is 58.5 Å². The quantitative estimate of drug-likeness (QED) is 0.441. The highest BCUT2D eigenvalue weighted by Crippen LogP contribution is 2.26. The minimum Gasteiger partial charge on any atom is -0.493 e. The van der Waals surface area contributed by atoms with Gasteiger partial charge in [-0.05, 0) is 43.0 Å². The van der Waals surface area contributed by atoms with E-state index in [1.807, 2.05) is 63.2 Å². The molecule has 1 heterocycles. The Morgan fingerprint density at radius 1 is 1.10 bits per heavy atom. The van der Waals surface area contributed by atoms with E-state index in [0.29, 0.717) is 5.69 Å². The molecule has 0 bridgehead atoms. The second-order valence-corrected chi connectivity index (χ2v) is 7.85. The largest absolute Gasteiger partial charge is 0.493 e. The van der Waals surface area contributed by atoms with Crippen molar-refractivity contribution in [3.63, 3.8) is 0 Å². The van der Waals surface area contributed by atoms with Crippen LogP contribution in [0.2, 0.25) is 0 Å². The molecular weight excluding hydrogens is 398 g/mol. The molecule has 2 aromatic carbocycles. The SMILES string of the molecule is CCc1cccc(CC)c1-n1c(SCC(=O)Nc2ccc(C)cc2)nc(O)cc1=O. The summed E-state index contributed by atoms with van der Waals surface area (Å²) in [7, 11) is 0. The molecule has 6 nitrogen and oxygen atoms in total.